The first-order chi connectivity index (χ1) is 8.75. The summed E-state index contributed by atoms with van der Waals surface area (Å²) in [5, 5.41) is 3.46. The zero-order valence-corrected chi connectivity index (χ0v) is 10.3. The van der Waals surface area contributed by atoms with Gasteiger partial charge < -0.3 is 5.32 Å². The molecule has 0 bridgehead atoms. The lowest BCUT2D eigenvalue weighted by Gasteiger charge is -2.27. The molecule has 1 aliphatic heterocycles. The molecule has 0 radical (unpaired) electrons. The van der Waals surface area contributed by atoms with Crippen LogP contribution in [0.3, 0.4) is 0 Å². The Hall–Kier alpha value is -2.09. The Bertz CT molecular complexity index is 604. The minimum absolute atomic E-state index is 0.0913. The van der Waals surface area contributed by atoms with Gasteiger partial charge >= 0.3 is 0 Å². The van der Waals surface area contributed by atoms with Gasteiger partial charge in [0.15, 0.2) is 5.78 Å². The van der Waals surface area contributed by atoms with E-state index in [1.165, 1.54) is 11.1 Å². The second-order valence-corrected chi connectivity index (χ2v) is 4.73. The zero-order chi connectivity index (χ0) is 12.5. The lowest BCUT2D eigenvalue weighted by molar-refractivity contribution is 0.0972. The first-order valence-corrected chi connectivity index (χ1v) is 6.20. The SMILES string of the molecule is Cc1ccccc1[C@@H]1CC(=O)c2ccccc2N1. The van der Waals surface area contributed by atoms with E-state index in [9.17, 15) is 4.79 Å². The summed E-state index contributed by atoms with van der Waals surface area (Å²) < 4.78 is 0. The monoisotopic (exact) mass is 237 g/mol. The molecule has 90 valence electrons. The molecule has 0 saturated heterocycles. The lowest BCUT2D eigenvalue weighted by atomic mass is 9.90. The first-order valence-electron chi connectivity index (χ1n) is 6.20. The van der Waals surface area contributed by atoms with Crippen molar-refractivity contribution in [3.05, 3.63) is 65.2 Å². The molecule has 1 heterocycles. The maximum atomic E-state index is 12.1. The number of carbonyl (C=O) groups excluding carboxylic acids is 1. The number of benzene rings is 2. The molecule has 1 N–H and O–H groups in total. The minimum Gasteiger partial charge on any atom is -0.377 e. The molecule has 2 nitrogen and oxygen atoms in total. The lowest BCUT2D eigenvalue weighted by Crippen LogP contribution is -2.23. The molecule has 0 aromatic heterocycles. The van der Waals surface area contributed by atoms with Crippen LogP contribution in [0.25, 0.3) is 0 Å². The van der Waals surface area contributed by atoms with Crippen LogP contribution in [0.5, 0.6) is 0 Å². The molecule has 2 aromatic rings. The molecule has 2 heteroatoms. The molecule has 0 unspecified atom stereocenters. The normalized spacial score (nSPS) is 18.1. The highest BCUT2D eigenvalue weighted by atomic mass is 16.1. The maximum Gasteiger partial charge on any atom is 0.167 e. The molecule has 3 rings (SSSR count). The van der Waals surface area contributed by atoms with Crippen molar-refractivity contribution in [2.24, 2.45) is 0 Å². The van der Waals surface area contributed by atoms with Gasteiger partial charge in [0.25, 0.3) is 0 Å². The third kappa shape index (κ3) is 1.80. The third-order valence-corrected chi connectivity index (χ3v) is 3.51. The third-order valence-electron chi connectivity index (χ3n) is 3.51. The van der Waals surface area contributed by atoms with Crippen LogP contribution in [0.15, 0.2) is 48.5 Å². The van der Waals surface area contributed by atoms with Gasteiger partial charge in [-0.1, -0.05) is 36.4 Å². The van der Waals surface area contributed by atoms with E-state index in [2.05, 4.69) is 24.4 Å². The van der Waals surface area contributed by atoms with Crippen molar-refractivity contribution in [3.63, 3.8) is 0 Å². The van der Waals surface area contributed by atoms with Gasteiger partial charge in [-0.15, -0.1) is 0 Å². The number of Topliss-reactive ketones (excluding diaryl/α,β-unsaturated/α-hetero) is 1. The molecule has 0 spiro atoms. The second-order valence-electron chi connectivity index (χ2n) is 4.73. The molecular weight excluding hydrogens is 222 g/mol. The standard InChI is InChI=1S/C16H15NO/c1-11-6-2-3-7-12(11)15-10-16(18)13-8-4-5-9-14(13)17-15/h2-9,15,17H,10H2,1H3/t15-/m0/s1. The van der Waals surface area contributed by atoms with Crippen molar-refractivity contribution < 1.29 is 4.79 Å². The van der Waals surface area contributed by atoms with Crippen LogP contribution in [0.4, 0.5) is 5.69 Å². The van der Waals surface area contributed by atoms with Crippen molar-refractivity contribution in [2.75, 3.05) is 5.32 Å². The van der Waals surface area contributed by atoms with E-state index < -0.39 is 0 Å². The van der Waals surface area contributed by atoms with Crippen molar-refractivity contribution in [1.82, 2.24) is 0 Å². The van der Waals surface area contributed by atoms with Crippen LogP contribution in [0.2, 0.25) is 0 Å². The first kappa shape index (κ1) is 11.0. The van der Waals surface area contributed by atoms with Crippen LogP contribution in [-0.4, -0.2) is 5.78 Å². The number of anilines is 1. The average molecular weight is 237 g/mol. The molecule has 0 aliphatic carbocycles. The summed E-state index contributed by atoms with van der Waals surface area (Å²) in [6, 6.07) is 16.0. The van der Waals surface area contributed by atoms with Crippen LogP contribution in [0.1, 0.15) is 33.9 Å². The van der Waals surface area contributed by atoms with Crippen LogP contribution >= 0.6 is 0 Å². The van der Waals surface area contributed by atoms with E-state index in [0.29, 0.717) is 6.42 Å². The smallest absolute Gasteiger partial charge is 0.167 e. The molecule has 1 aliphatic rings. The Balaban J connectivity index is 2.00. The second kappa shape index (κ2) is 4.30. The van der Waals surface area contributed by atoms with Gasteiger partial charge in [-0.05, 0) is 30.2 Å². The highest BCUT2D eigenvalue weighted by Gasteiger charge is 2.25. The summed E-state index contributed by atoms with van der Waals surface area (Å²) in [6.07, 6.45) is 0.530. The number of ketones is 1. The number of fused-ring (bicyclic) bond motifs is 1. The number of hydrogen-bond acceptors (Lipinski definition) is 2. The van der Waals surface area contributed by atoms with Gasteiger partial charge in [0.2, 0.25) is 0 Å². The highest BCUT2D eigenvalue weighted by molar-refractivity contribution is 6.03. The Morgan fingerprint density at radius 1 is 1.06 bits per heavy atom. The van der Waals surface area contributed by atoms with Crippen molar-refractivity contribution in [2.45, 2.75) is 19.4 Å². The quantitative estimate of drug-likeness (QED) is 0.818. The van der Waals surface area contributed by atoms with Gasteiger partial charge in [-0.3, -0.25) is 4.79 Å². The summed E-state index contributed by atoms with van der Waals surface area (Å²) in [5.74, 6) is 0.220. The number of rotatable bonds is 1. The minimum atomic E-state index is 0.0913. The van der Waals surface area contributed by atoms with E-state index >= 15 is 0 Å². The number of hydrogen-bond donors (Lipinski definition) is 1. The van der Waals surface area contributed by atoms with Crippen molar-refractivity contribution >= 4 is 11.5 Å². The largest absolute Gasteiger partial charge is 0.377 e. The summed E-state index contributed by atoms with van der Waals surface area (Å²) >= 11 is 0. The molecule has 0 amide bonds. The van der Waals surface area contributed by atoms with Crippen molar-refractivity contribution in [1.29, 1.82) is 0 Å². The van der Waals surface area contributed by atoms with Crippen LogP contribution in [-0.2, 0) is 0 Å². The van der Waals surface area contributed by atoms with Gasteiger partial charge in [-0.25, -0.2) is 0 Å². The van der Waals surface area contributed by atoms with Gasteiger partial charge in [0, 0.05) is 17.7 Å². The number of aryl methyl sites for hydroxylation is 1. The van der Waals surface area contributed by atoms with E-state index in [1.807, 2.05) is 36.4 Å². The highest BCUT2D eigenvalue weighted by Crippen LogP contribution is 2.33. The van der Waals surface area contributed by atoms with Crippen molar-refractivity contribution in [3.8, 4) is 0 Å². The molecule has 2 aromatic carbocycles. The molecular formula is C16H15NO. The number of carbonyl (C=O) groups is 1. The van der Waals surface area contributed by atoms with Gasteiger partial charge in [0.05, 0.1) is 6.04 Å². The van der Waals surface area contributed by atoms with Crippen LogP contribution < -0.4 is 5.32 Å². The average Bonchev–Trinajstić information content (AvgIpc) is 2.39. The van der Waals surface area contributed by atoms with E-state index in [4.69, 9.17) is 0 Å². The predicted molar refractivity (Wildman–Crippen MR) is 72.9 cm³/mol. The maximum absolute atomic E-state index is 12.1. The molecule has 0 fully saturated rings. The fourth-order valence-corrected chi connectivity index (χ4v) is 2.55. The van der Waals surface area contributed by atoms with E-state index in [-0.39, 0.29) is 11.8 Å². The van der Waals surface area contributed by atoms with E-state index in [0.717, 1.165) is 11.3 Å². The number of para-hydroxylation sites is 1. The Morgan fingerprint density at radius 2 is 1.78 bits per heavy atom. The van der Waals surface area contributed by atoms with Gasteiger partial charge in [0.1, 0.15) is 0 Å². The Kier molecular flexibility index (Phi) is 2.63. The Labute approximate surface area is 107 Å². The topological polar surface area (TPSA) is 29.1 Å². The zero-order valence-electron chi connectivity index (χ0n) is 10.3. The summed E-state index contributed by atoms with van der Waals surface area (Å²) in [5.41, 5.74) is 4.19. The Morgan fingerprint density at radius 3 is 2.61 bits per heavy atom. The molecule has 1 atom stereocenters. The fraction of sp³-hybridized carbons (Fsp3) is 0.188. The van der Waals surface area contributed by atoms with E-state index in [1.54, 1.807) is 0 Å². The fourth-order valence-electron chi connectivity index (χ4n) is 2.55. The van der Waals surface area contributed by atoms with Gasteiger partial charge in [-0.2, -0.15) is 0 Å². The summed E-state index contributed by atoms with van der Waals surface area (Å²) in [7, 11) is 0. The number of nitrogens with one attached hydrogen (secondary N) is 1. The predicted octanol–water partition coefficient (Wildman–Crippen LogP) is 3.73. The molecule has 0 saturated carbocycles. The van der Waals surface area contributed by atoms with Crippen LogP contribution in [0, 0.1) is 6.92 Å². The molecule has 18 heavy (non-hydrogen) atoms. The summed E-state index contributed by atoms with van der Waals surface area (Å²) in [6.45, 7) is 2.09. The summed E-state index contributed by atoms with van der Waals surface area (Å²) in [4.78, 5) is 12.1.